The number of amides is 1. The number of hydrogen-bond acceptors (Lipinski definition) is 3. The summed E-state index contributed by atoms with van der Waals surface area (Å²) in [5.74, 6) is 0.152. The Morgan fingerprint density at radius 1 is 1.28 bits per heavy atom. The van der Waals surface area contributed by atoms with Crippen molar-refractivity contribution in [2.75, 3.05) is 11.9 Å². The maximum Gasteiger partial charge on any atom is 0.254 e. The van der Waals surface area contributed by atoms with Gasteiger partial charge in [-0.2, -0.15) is 5.10 Å². The number of carbonyl (C=O) groups excluding carboxylic acids is 1. The lowest BCUT2D eigenvalue weighted by atomic mass is 10.0. The van der Waals surface area contributed by atoms with Gasteiger partial charge in [-0.1, -0.05) is 6.92 Å². The van der Waals surface area contributed by atoms with E-state index in [9.17, 15) is 4.79 Å². The zero-order valence-corrected chi connectivity index (χ0v) is 15.2. The molecule has 2 aromatic rings. The Morgan fingerprint density at radius 3 is 2.80 bits per heavy atom. The van der Waals surface area contributed by atoms with E-state index in [1.165, 1.54) is 6.42 Å². The molecule has 0 bridgehead atoms. The predicted molar refractivity (Wildman–Crippen MR) is 101 cm³/mol. The third-order valence-electron chi connectivity index (χ3n) is 4.83. The third-order valence-corrected chi connectivity index (χ3v) is 4.83. The summed E-state index contributed by atoms with van der Waals surface area (Å²) in [6.45, 7) is 6.85. The molecule has 5 heteroatoms. The third kappa shape index (κ3) is 4.41. The minimum Gasteiger partial charge on any atom is -0.381 e. The zero-order chi connectivity index (χ0) is 17.6. The number of rotatable bonds is 6. The summed E-state index contributed by atoms with van der Waals surface area (Å²) in [5, 5.41) is 7.73. The first kappa shape index (κ1) is 17.5. The number of nitrogens with one attached hydrogen (secondary N) is 1. The van der Waals surface area contributed by atoms with Crippen LogP contribution in [0, 0.1) is 0 Å². The number of aryl methyl sites for hydroxylation is 1. The fraction of sp³-hybridized carbons (Fsp3) is 0.500. The summed E-state index contributed by atoms with van der Waals surface area (Å²) in [7, 11) is 0. The minimum atomic E-state index is 0.152. The number of anilines is 1. The second-order valence-electron chi connectivity index (χ2n) is 6.89. The Morgan fingerprint density at radius 2 is 2.08 bits per heavy atom. The van der Waals surface area contributed by atoms with Crippen LogP contribution in [-0.4, -0.2) is 33.2 Å². The number of piperidine rings is 1. The minimum absolute atomic E-state index is 0.152. The Labute approximate surface area is 150 Å². The number of aromatic nitrogens is 2. The molecule has 1 aromatic carbocycles. The summed E-state index contributed by atoms with van der Waals surface area (Å²) in [5.41, 5.74) is 2.96. The van der Waals surface area contributed by atoms with E-state index >= 15 is 0 Å². The molecule has 0 saturated carbocycles. The Kier molecular flexibility index (Phi) is 5.74. The number of nitrogens with zero attached hydrogens (tertiary/aromatic N) is 3. The first-order valence-electron chi connectivity index (χ1n) is 9.33. The molecule has 0 aliphatic carbocycles. The van der Waals surface area contributed by atoms with Gasteiger partial charge in [0.1, 0.15) is 0 Å². The smallest absolute Gasteiger partial charge is 0.254 e. The molecule has 0 unspecified atom stereocenters. The van der Waals surface area contributed by atoms with E-state index in [0.717, 1.165) is 55.7 Å². The summed E-state index contributed by atoms with van der Waals surface area (Å²) in [6.07, 6.45) is 8.51. The van der Waals surface area contributed by atoms with Crippen molar-refractivity contribution in [1.29, 1.82) is 0 Å². The van der Waals surface area contributed by atoms with E-state index in [0.29, 0.717) is 6.04 Å². The maximum absolute atomic E-state index is 12.7. The Bertz CT molecular complexity index is 692. The molecule has 0 spiro atoms. The highest BCUT2D eigenvalue weighted by atomic mass is 16.2. The second-order valence-corrected chi connectivity index (χ2v) is 6.89. The molecule has 0 radical (unpaired) electrons. The molecule has 1 aliphatic heterocycles. The molecule has 1 amide bonds. The van der Waals surface area contributed by atoms with E-state index in [1.807, 2.05) is 40.0 Å². The fourth-order valence-electron chi connectivity index (χ4n) is 3.35. The van der Waals surface area contributed by atoms with Crippen LogP contribution >= 0.6 is 0 Å². The van der Waals surface area contributed by atoms with E-state index < -0.39 is 0 Å². The maximum atomic E-state index is 12.7. The summed E-state index contributed by atoms with van der Waals surface area (Å²) >= 11 is 0. The van der Waals surface area contributed by atoms with Gasteiger partial charge < -0.3 is 10.2 Å². The highest BCUT2D eigenvalue weighted by Gasteiger charge is 2.23. The standard InChI is InChI=1S/C20H28N4O/c1-3-11-23-15-17(14-22-23)13-21-19-9-7-18(8-10-19)20(25)24-12-5-4-6-16(24)2/h7-10,14-16,21H,3-6,11-13H2,1-2H3/t16-/m0/s1. The highest BCUT2D eigenvalue weighted by molar-refractivity contribution is 5.94. The lowest BCUT2D eigenvalue weighted by molar-refractivity contribution is 0.0635. The molecule has 1 atom stereocenters. The lowest BCUT2D eigenvalue weighted by Gasteiger charge is -2.33. The number of benzene rings is 1. The average Bonchev–Trinajstić information content (AvgIpc) is 3.08. The van der Waals surface area contributed by atoms with E-state index in [2.05, 4.69) is 30.5 Å². The molecule has 1 saturated heterocycles. The van der Waals surface area contributed by atoms with Gasteiger partial charge in [-0.05, 0) is 56.9 Å². The monoisotopic (exact) mass is 340 g/mol. The Balaban J connectivity index is 1.57. The van der Waals surface area contributed by atoms with Crippen LogP contribution in [0.25, 0.3) is 0 Å². The van der Waals surface area contributed by atoms with Crippen molar-refractivity contribution in [3.05, 3.63) is 47.8 Å². The van der Waals surface area contributed by atoms with Crippen molar-refractivity contribution in [3.8, 4) is 0 Å². The van der Waals surface area contributed by atoms with Crippen LogP contribution < -0.4 is 5.32 Å². The zero-order valence-electron chi connectivity index (χ0n) is 15.2. The highest BCUT2D eigenvalue weighted by Crippen LogP contribution is 2.20. The number of carbonyl (C=O) groups is 1. The van der Waals surface area contributed by atoms with Crippen molar-refractivity contribution in [1.82, 2.24) is 14.7 Å². The van der Waals surface area contributed by atoms with Crippen LogP contribution in [0.2, 0.25) is 0 Å². The molecule has 2 heterocycles. The quantitative estimate of drug-likeness (QED) is 0.867. The van der Waals surface area contributed by atoms with Gasteiger partial charge in [0.2, 0.25) is 0 Å². The topological polar surface area (TPSA) is 50.2 Å². The molecular weight excluding hydrogens is 312 g/mol. The first-order chi connectivity index (χ1) is 12.2. The van der Waals surface area contributed by atoms with Gasteiger partial charge in [0.05, 0.1) is 6.20 Å². The van der Waals surface area contributed by atoms with Gasteiger partial charge in [0.25, 0.3) is 5.91 Å². The molecule has 134 valence electrons. The summed E-state index contributed by atoms with van der Waals surface area (Å²) in [6, 6.07) is 8.16. The largest absolute Gasteiger partial charge is 0.381 e. The van der Waals surface area contributed by atoms with Crippen molar-refractivity contribution in [3.63, 3.8) is 0 Å². The van der Waals surface area contributed by atoms with Crippen LogP contribution in [0.4, 0.5) is 5.69 Å². The predicted octanol–water partition coefficient (Wildman–Crippen LogP) is 3.92. The Hall–Kier alpha value is -2.30. The lowest BCUT2D eigenvalue weighted by Crippen LogP contribution is -2.41. The molecule has 5 nitrogen and oxygen atoms in total. The van der Waals surface area contributed by atoms with E-state index in [4.69, 9.17) is 0 Å². The van der Waals surface area contributed by atoms with Crippen LogP contribution in [0.3, 0.4) is 0 Å². The van der Waals surface area contributed by atoms with Crippen LogP contribution in [0.15, 0.2) is 36.7 Å². The van der Waals surface area contributed by atoms with Gasteiger partial charge in [0.15, 0.2) is 0 Å². The van der Waals surface area contributed by atoms with Gasteiger partial charge in [-0.15, -0.1) is 0 Å². The van der Waals surface area contributed by atoms with Crippen molar-refractivity contribution in [2.24, 2.45) is 0 Å². The van der Waals surface area contributed by atoms with Gasteiger partial charge in [0, 0.05) is 48.7 Å². The van der Waals surface area contributed by atoms with Crippen molar-refractivity contribution >= 4 is 11.6 Å². The second kappa shape index (κ2) is 8.19. The molecule has 1 aromatic heterocycles. The van der Waals surface area contributed by atoms with Crippen LogP contribution in [-0.2, 0) is 13.1 Å². The fourth-order valence-corrected chi connectivity index (χ4v) is 3.35. The van der Waals surface area contributed by atoms with Gasteiger partial charge in [-0.25, -0.2) is 0 Å². The molecule has 25 heavy (non-hydrogen) atoms. The molecule has 1 N–H and O–H groups in total. The first-order valence-corrected chi connectivity index (χ1v) is 9.33. The van der Waals surface area contributed by atoms with Crippen LogP contribution in [0.5, 0.6) is 0 Å². The summed E-state index contributed by atoms with van der Waals surface area (Å²) < 4.78 is 1.97. The molecule has 1 fully saturated rings. The average molecular weight is 340 g/mol. The van der Waals surface area contributed by atoms with E-state index in [1.54, 1.807) is 0 Å². The van der Waals surface area contributed by atoms with Crippen molar-refractivity contribution < 1.29 is 4.79 Å². The SMILES string of the molecule is CCCn1cc(CNc2ccc(C(=O)N3CCCC[C@@H]3C)cc2)cn1. The number of likely N-dealkylation sites (tertiary alicyclic amines) is 1. The molecule has 3 rings (SSSR count). The van der Waals surface area contributed by atoms with Crippen LogP contribution in [0.1, 0.15) is 55.5 Å². The summed E-state index contributed by atoms with van der Waals surface area (Å²) in [4.78, 5) is 14.7. The van der Waals surface area contributed by atoms with Gasteiger partial charge >= 0.3 is 0 Å². The van der Waals surface area contributed by atoms with Gasteiger partial charge in [-0.3, -0.25) is 9.48 Å². The number of hydrogen-bond donors (Lipinski definition) is 1. The van der Waals surface area contributed by atoms with E-state index in [-0.39, 0.29) is 5.91 Å². The molecule has 1 aliphatic rings. The normalized spacial score (nSPS) is 17.5. The molecular formula is C20H28N4O. The van der Waals surface area contributed by atoms with Crippen molar-refractivity contribution in [2.45, 2.75) is 58.7 Å².